The van der Waals surface area contributed by atoms with Gasteiger partial charge in [0.25, 0.3) is 5.56 Å². The Morgan fingerprint density at radius 3 is 2.26 bits per heavy atom. The van der Waals surface area contributed by atoms with Crippen molar-refractivity contribution in [3.8, 4) is 6.07 Å². The van der Waals surface area contributed by atoms with Crippen LogP contribution in [0.5, 0.6) is 0 Å². The van der Waals surface area contributed by atoms with Crippen LogP contribution in [0.15, 0.2) is 9.59 Å². The molecule has 0 aromatic carbocycles. The fraction of sp³-hybridized carbons (Fsp3) is 0.684. The van der Waals surface area contributed by atoms with E-state index < -0.39 is 11.2 Å². The number of amides is 1. The maximum atomic E-state index is 12.7. The summed E-state index contributed by atoms with van der Waals surface area (Å²) in [5.41, 5.74) is -1.11. The fourth-order valence-corrected chi connectivity index (χ4v) is 4.16. The maximum absolute atomic E-state index is 12.7. The Morgan fingerprint density at radius 1 is 1.04 bits per heavy atom. The largest absolute Gasteiger partial charge is 0.367 e. The normalized spacial score (nSPS) is 18.9. The van der Waals surface area contributed by atoms with Gasteiger partial charge in [0.05, 0.1) is 0 Å². The number of piperidine rings is 1. The van der Waals surface area contributed by atoms with Crippen molar-refractivity contribution in [3.63, 3.8) is 0 Å². The number of carbonyl (C=O) groups excluding carboxylic acids is 1. The molecule has 8 heteroatoms. The van der Waals surface area contributed by atoms with E-state index in [0.29, 0.717) is 13.1 Å². The van der Waals surface area contributed by atoms with E-state index in [0.717, 1.165) is 43.1 Å². The predicted molar refractivity (Wildman–Crippen MR) is 101 cm³/mol. The van der Waals surface area contributed by atoms with Crippen LogP contribution in [0, 0.1) is 17.2 Å². The van der Waals surface area contributed by atoms with Crippen molar-refractivity contribution in [2.75, 3.05) is 18.4 Å². The van der Waals surface area contributed by atoms with Crippen LogP contribution in [0.25, 0.3) is 0 Å². The molecule has 0 bridgehead atoms. The molecule has 8 nitrogen and oxygen atoms in total. The van der Waals surface area contributed by atoms with Gasteiger partial charge in [0.2, 0.25) is 5.91 Å². The monoisotopic (exact) mass is 373 g/mol. The Labute approximate surface area is 158 Å². The lowest BCUT2D eigenvalue weighted by Gasteiger charge is -2.36. The second kappa shape index (κ2) is 7.99. The SMILES string of the molecule is Cn1c(NC2CCN(C(=O)C3CCCCC3)CC2)c(C#N)c(=O)n(C)c1=O. The number of nitriles is 1. The fourth-order valence-electron chi connectivity index (χ4n) is 4.16. The zero-order valence-corrected chi connectivity index (χ0v) is 16.0. The second-order valence-corrected chi connectivity index (χ2v) is 7.62. The maximum Gasteiger partial charge on any atom is 0.332 e. The van der Waals surface area contributed by atoms with Crippen molar-refractivity contribution in [2.45, 2.75) is 51.0 Å². The highest BCUT2D eigenvalue weighted by Gasteiger charge is 2.29. The third-order valence-corrected chi connectivity index (χ3v) is 5.88. The number of carbonyl (C=O) groups is 1. The molecule has 1 aliphatic heterocycles. The summed E-state index contributed by atoms with van der Waals surface area (Å²) in [6.45, 7) is 1.32. The molecule has 1 saturated carbocycles. The molecular weight excluding hydrogens is 346 g/mol. The third kappa shape index (κ3) is 3.77. The lowest BCUT2D eigenvalue weighted by atomic mass is 9.87. The number of nitrogens with zero attached hydrogens (tertiary/aromatic N) is 4. The van der Waals surface area contributed by atoms with Gasteiger partial charge in [-0.2, -0.15) is 5.26 Å². The summed E-state index contributed by atoms with van der Waals surface area (Å²) in [5.74, 6) is 0.709. The van der Waals surface area contributed by atoms with Gasteiger partial charge in [-0.1, -0.05) is 19.3 Å². The minimum absolute atomic E-state index is 0.0187. The number of rotatable bonds is 3. The van der Waals surface area contributed by atoms with Crippen molar-refractivity contribution in [3.05, 3.63) is 26.4 Å². The molecule has 0 unspecified atom stereocenters. The Hall–Kier alpha value is -2.56. The number of likely N-dealkylation sites (tertiary alicyclic amines) is 1. The molecule has 1 saturated heterocycles. The van der Waals surface area contributed by atoms with Crippen LogP contribution in [-0.4, -0.2) is 39.1 Å². The molecule has 27 heavy (non-hydrogen) atoms. The lowest BCUT2D eigenvalue weighted by molar-refractivity contribution is -0.137. The third-order valence-electron chi connectivity index (χ3n) is 5.88. The molecule has 2 aliphatic rings. The molecule has 1 N–H and O–H groups in total. The summed E-state index contributed by atoms with van der Waals surface area (Å²) in [4.78, 5) is 39.0. The number of anilines is 1. The average molecular weight is 373 g/mol. The number of hydrogen-bond acceptors (Lipinski definition) is 5. The summed E-state index contributed by atoms with van der Waals surface area (Å²) < 4.78 is 2.24. The zero-order chi connectivity index (χ0) is 19.6. The van der Waals surface area contributed by atoms with Gasteiger partial charge in [0.15, 0.2) is 5.56 Å². The first-order valence-electron chi connectivity index (χ1n) is 9.69. The molecule has 146 valence electrons. The Balaban J connectivity index is 1.68. The predicted octanol–water partition coefficient (Wildman–Crippen LogP) is 0.939. The first-order chi connectivity index (χ1) is 12.9. The molecule has 1 amide bonds. The first-order valence-corrected chi connectivity index (χ1v) is 9.69. The Morgan fingerprint density at radius 2 is 1.67 bits per heavy atom. The minimum atomic E-state index is -0.590. The lowest BCUT2D eigenvalue weighted by Crippen LogP contribution is -2.46. The van der Waals surface area contributed by atoms with E-state index in [9.17, 15) is 19.6 Å². The highest BCUT2D eigenvalue weighted by molar-refractivity contribution is 5.79. The molecule has 2 fully saturated rings. The molecule has 0 radical (unpaired) electrons. The van der Waals surface area contributed by atoms with Gasteiger partial charge in [-0.25, -0.2) is 4.79 Å². The van der Waals surface area contributed by atoms with Crippen LogP contribution in [0.1, 0.15) is 50.5 Å². The Kier molecular flexibility index (Phi) is 5.68. The Bertz CT molecular complexity index is 865. The molecule has 1 aliphatic carbocycles. The van der Waals surface area contributed by atoms with E-state index in [1.54, 1.807) is 7.05 Å². The van der Waals surface area contributed by atoms with Crippen LogP contribution >= 0.6 is 0 Å². The minimum Gasteiger partial charge on any atom is -0.367 e. The van der Waals surface area contributed by atoms with Gasteiger partial charge >= 0.3 is 5.69 Å². The van der Waals surface area contributed by atoms with Gasteiger partial charge in [-0.15, -0.1) is 0 Å². The van der Waals surface area contributed by atoms with Gasteiger partial charge in [0, 0.05) is 39.1 Å². The van der Waals surface area contributed by atoms with E-state index >= 15 is 0 Å². The van der Waals surface area contributed by atoms with Gasteiger partial charge < -0.3 is 10.2 Å². The summed E-state index contributed by atoms with van der Waals surface area (Å²) in [5, 5.41) is 12.6. The highest BCUT2D eigenvalue weighted by Crippen LogP contribution is 2.27. The topological polar surface area (TPSA) is 100 Å². The van der Waals surface area contributed by atoms with Gasteiger partial charge in [0.1, 0.15) is 11.9 Å². The summed E-state index contributed by atoms with van der Waals surface area (Å²) in [6.07, 6.45) is 6.96. The van der Waals surface area contributed by atoms with Crippen LogP contribution in [0.3, 0.4) is 0 Å². The molecule has 1 aromatic heterocycles. The van der Waals surface area contributed by atoms with Crippen LogP contribution in [0.4, 0.5) is 5.82 Å². The van der Waals surface area contributed by atoms with Crippen LogP contribution in [-0.2, 0) is 18.9 Å². The molecule has 3 rings (SSSR count). The summed E-state index contributed by atoms with van der Waals surface area (Å²) in [6, 6.07) is 1.93. The van der Waals surface area contributed by atoms with E-state index in [2.05, 4.69) is 5.32 Å². The van der Waals surface area contributed by atoms with Crippen molar-refractivity contribution in [1.29, 1.82) is 5.26 Å². The van der Waals surface area contributed by atoms with Crippen LogP contribution < -0.4 is 16.6 Å². The molecule has 0 atom stereocenters. The summed E-state index contributed by atoms with van der Waals surface area (Å²) >= 11 is 0. The molecule has 1 aromatic rings. The van der Waals surface area contributed by atoms with Gasteiger partial charge in [-0.3, -0.25) is 18.7 Å². The smallest absolute Gasteiger partial charge is 0.332 e. The number of aromatic nitrogens is 2. The van der Waals surface area contributed by atoms with Crippen molar-refractivity contribution < 1.29 is 4.79 Å². The molecular formula is C19H27N5O3. The zero-order valence-electron chi connectivity index (χ0n) is 16.0. The van der Waals surface area contributed by atoms with Crippen LogP contribution in [0.2, 0.25) is 0 Å². The van der Waals surface area contributed by atoms with E-state index in [1.165, 1.54) is 18.0 Å². The van der Waals surface area contributed by atoms with Crippen molar-refractivity contribution in [1.82, 2.24) is 14.0 Å². The van der Waals surface area contributed by atoms with Crippen molar-refractivity contribution >= 4 is 11.7 Å². The van der Waals surface area contributed by atoms with Crippen molar-refractivity contribution in [2.24, 2.45) is 20.0 Å². The van der Waals surface area contributed by atoms with E-state index in [-0.39, 0.29) is 29.2 Å². The molecule has 0 spiro atoms. The molecule has 2 heterocycles. The quantitative estimate of drug-likeness (QED) is 0.850. The van der Waals surface area contributed by atoms with E-state index in [4.69, 9.17) is 0 Å². The number of hydrogen-bond donors (Lipinski definition) is 1. The van der Waals surface area contributed by atoms with E-state index in [1.807, 2.05) is 11.0 Å². The number of nitrogens with one attached hydrogen (secondary N) is 1. The average Bonchev–Trinajstić information content (AvgIpc) is 2.71. The first kappa shape index (κ1) is 19.2. The van der Waals surface area contributed by atoms with Gasteiger partial charge in [-0.05, 0) is 25.7 Å². The second-order valence-electron chi connectivity index (χ2n) is 7.62. The summed E-state index contributed by atoms with van der Waals surface area (Å²) in [7, 11) is 2.91. The standard InChI is InChI=1S/C19H27N5O3/c1-22-16(15(12-20)18(26)23(2)19(22)27)21-14-8-10-24(11-9-14)17(25)13-6-4-3-5-7-13/h13-14,21H,3-11H2,1-2H3. The highest BCUT2D eigenvalue weighted by atomic mass is 16.2.